The van der Waals surface area contributed by atoms with Gasteiger partial charge in [-0.1, -0.05) is 106 Å². The Hall–Kier alpha value is -10.3. The number of aromatic hydroxyl groups is 1. The lowest BCUT2D eigenvalue weighted by Crippen LogP contribution is -2.44. The smallest absolute Gasteiger partial charge is 0.303 e. The van der Waals surface area contributed by atoms with Crippen molar-refractivity contribution in [2.24, 2.45) is 10.2 Å². The van der Waals surface area contributed by atoms with E-state index in [1.54, 1.807) is 73.5 Å². The topological polar surface area (TPSA) is 406 Å². The van der Waals surface area contributed by atoms with Gasteiger partial charge in [0.1, 0.15) is 47.1 Å². The van der Waals surface area contributed by atoms with E-state index in [2.05, 4.69) is 106 Å². The summed E-state index contributed by atoms with van der Waals surface area (Å²) in [7, 11) is 0. The predicted molar refractivity (Wildman–Crippen MR) is 476 cm³/mol. The first kappa shape index (κ1) is 106. The van der Waals surface area contributed by atoms with Crippen LogP contribution in [0.5, 0.6) is 17.2 Å². The number of carbonyl (C=O) groups is 4. The Labute approximate surface area is 727 Å². The molecule has 2 aliphatic rings. The van der Waals surface area contributed by atoms with Gasteiger partial charge in [0.05, 0.1) is 139 Å². The number of fused-ring (bicyclic) bond motifs is 1. The summed E-state index contributed by atoms with van der Waals surface area (Å²) in [5.74, 6) is 0.681. The van der Waals surface area contributed by atoms with Gasteiger partial charge >= 0.3 is 5.97 Å². The number of amides is 3. The van der Waals surface area contributed by atoms with E-state index < -0.39 is 17.0 Å². The van der Waals surface area contributed by atoms with Crippen LogP contribution in [-0.2, 0) is 67.9 Å². The number of anilines is 2. The number of carbonyl (C=O) groups excluding carboxylic acids is 3. The Kier molecular flexibility index (Phi) is 50.9. The van der Waals surface area contributed by atoms with Gasteiger partial charge in [-0.05, 0) is 184 Å². The molecule has 2 aliphatic heterocycles. The molecule has 8 rings (SSSR count). The molecule has 1 aromatic heterocycles. The van der Waals surface area contributed by atoms with Crippen LogP contribution in [0.1, 0.15) is 117 Å². The summed E-state index contributed by atoms with van der Waals surface area (Å²) >= 11 is 11.1. The minimum absolute atomic E-state index is 0.0265. The number of aliphatic hydroxyl groups is 3. The lowest BCUT2D eigenvalue weighted by molar-refractivity contribution is -0.137. The van der Waals surface area contributed by atoms with E-state index in [9.17, 15) is 24.3 Å². The molecule has 2 fully saturated rings. The number of rotatable bonds is 45. The molecule has 0 atom stereocenters. The third-order valence-corrected chi connectivity index (χ3v) is 18.7. The van der Waals surface area contributed by atoms with Crippen LogP contribution in [0.15, 0.2) is 132 Å². The van der Waals surface area contributed by atoms with Gasteiger partial charge in [0.15, 0.2) is 21.6 Å². The van der Waals surface area contributed by atoms with Crippen molar-refractivity contribution in [3.63, 3.8) is 0 Å². The molecule has 0 radical (unpaired) electrons. The highest BCUT2D eigenvalue weighted by Crippen LogP contribution is 2.37. The first-order valence-electron chi connectivity index (χ1n) is 40.0. The molecule has 0 unspecified atom stereocenters. The lowest BCUT2D eigenvalue weighted by atomic mass is 9.87. The average molecular weight is 1730 g/mol. The highest BCUT2D eigenvalue weighted by atomic mass is 32.1. The number of nitrogens with zero attached hydrogens (tertiary/aromatic N) is 13. The second-order valence-corrected chi connectivity index (χ2v) is 30.7. The first-order chi connectivity index (χ1) is 58.3. The number of ether oxygens (including phenoxy) is 10. The quantitative estimate of drug-likeness (QED) is 0.00516. The average Bonchev–Trinajstić information content (AvgIpc) is 1.61. The Morgan fingerprint density at radius 3 is 1.25 bits per heavy atom. The fourth-order valence-electron chi connectivity index (χ4n) is 11.2. The van der Waals surface area contributed by atoms with Crippen molar-refractivity contribution in [3.8, 4) is 17.2 Å². The maximum absolute atomic E-state index is 13.2. The second-order valence-electron chi connectivity index (χ2n) is 30.0. The van der Waals surface area contributed by atoms with E-state index in [0.29, 0.717) is 209 Å². The molecule has 666 valence electrons. The van der Waals surface area contributed by atoms with Gasteiger partial charge in [-0.3, -0.25) is 34.0 Å². The maximum atomic E-state index is 13.2. The van der Waals surface area contributed by atoms with Crippen LogP contribution in [0, 0.1) is 27.0 Å². The molecule has 3 heterocycles. The number of pyridine rings is 1. The monoisotopic (exact) mass is 1730 g/mol. The van der Waals surface area contributed by atoms with Crippen LogP contribution in [0.2, 0.25) is 0 Å². The number of carboxylic acids is 1. The Bertz CT molecular complexity index is 4320. The minimum Gasteiger partial charge on any atom is -0.506 e. The number of phenolic OH excluding ortho intramolecular Hbond substituents is 1. The van der Waals surface area contributed by atoms with Crippen molar-refractivity contribution in [1.82, 2.24) is 20.1 Å². The van der Waals surface area contributed by atoms with Crippen LogP contribution in [0.3, 0.4) is 0 Å². The molecule has 6 N–H and O–H groups in total. The molecule has 5 aromatic carbocycles. The fraction of sp³-hybridized carbons (Fsp3) is 0.529. The zero-order valence-corrected chi connectivity index (χ0v) is 74.0. The van der Waals surface area contributed by atoms with E-state index in [1.165, 1.54) is 20.9 Å². The van der Waals surface area contributed by atoms with Crippen LogP contribution in [0.4, 0.5) is 22.7 Å². The van der Waals surface area contributed by atoms with Crippen molar-refractivity contribution >= 4 is 92.0 Å². The normalized spacial score (nSPS) is 13.1. The number of nitrogens with one attached hydrogen (secondary N) is 1. The maximum Gasteiger partial charge on any atom is 0.303 e. The number of aliphatic carboxylic acids is 1. The van der Waals surface area contributed by atoms with Gasteiger partial charge in [0.25, 0.3) is 11.8 Å². The highest BCUT2D eigenvalue weighted by molar-refractivity contribution is 7.80. The van der Waals surface area contributed by atoms with E-state index >= 15 is 0 Å². The third-order valence-electron chi connectivity index (χ3n) is 17.9. The van der Waals surface area contributed by atoms with Crippen molar-refractivity contribution < 1.29 is 92.1 Å². The lowest BCUT2D eigenvalue weighted by Gasteiger charge is -2.29. The summed E-state index contributed by atoms with van der Waals surface area (Å²) in [5.41, 5.74) is 21.7. The first-order valence-corrected chi connectivity index (χ1v) is 40.8. The van der Waals surface area contributed by atoms with E-state index in [0.717, 1.165) is 28.0 Å². The second kappa shape index (κ2) is 58.7. The molecule has 35 heteroatoms. The predicted octanol–water partition coefficient (Wildman–Crippen LogP) is 13.7. The molecule has 0 aliphatic carbocycles. The molecule has 6 aromatic rings. The standard InChI is InChI=1S/C33H44N4O5S.C17H19N3O3S.C16H25N3O3.C9H7NO.C6H13N3O3.C6H14O4/c1-24-23-26(12-15-28(24)34-7)37-30(39)33(5,6)36(31(37)43)17-8-9-29(38)35-16-18-40-19-20-41-21-22-42-27-13-10-25(11-14-27)32(2,3)4;1-11-10-12(7-8-13(11)18-4)20-15(23)17(2,3)19(16(20)24)9-5-6-14(21)22;1-16(2,3)14-4-6-15(7-5-14)22-13-12-21-11-10-20-9-8-18-19-17;11-8-5-1-3-7-4-2-6-10-9(7)8;7-9-8-1-3-11-5-6-12-4-2-10;7-1-3-9-5-6-10-4-2-8/h10-15,23H,8-9,16-22H2,1-6H3,(H,35,38);7-8,10H,5-6,9H2,1-3H3,(H,21,22);4-7H,8-13H2,1-3H3;1-6,11H;10H,1-6H2;7-8H,1-6H2. The number of aryl methyl sites for hydroxylation is 2. The number of hydrogen-bond acceptors (Lipinski definition) is 23. The Morgan fingerprint density at radius 1 is 0.516 bits per heavy atom. The van der Waals surface area contributed by atoms with E-state index in [4.69, 9.17) is 116 Å². The summed E-state index contributed by atoms with van der Waals surface area (Å²) in [6.07, 6.45) is 2.97. The number of phenols is 1. The molecule has 0 saturated carbocycles. The summed E-state index contributed by atoms with van der Waals surface area (Å²) < 4.78 is 52.7. The molecular formula is C87H122N14O19S2. The minimum atomic E-state index is -0.869. The largest absolute Gasteiger partial charge is 0.506 e. The van der Waals surface area contributed by atoms with Crippen molar-refractivity contribution in [1.29, 1.82) is 0 Å². The Balaban J connectivity index is 0.000000413. The summed E-state index contributed by atoms with van der Waals surface area (Å²) in [6.45, 7) is 48.4. The number of hydrogen-bond donors (Lipinski definition) is 6. The number of aliphatic hydroxyl groups excluding tert-OH is 3. The van der Waals surface area contributed by atoms with Crippen molar-refractivity contribution in [2.75, 3.05) is 181 Å². The molecule has 0 spiro atoms. The van der Waals surface area contributed by atoms with Gasteiger partial charge in [-0.25, -0.2) is 9.69 Å². The number of aromatic nitrogens is 1. The number of thiocarbonyl (C=S) groups is 2. The molecule has 122 heavy (non-hydrogen) atoms. The van der Waals surface area contributed by atoms with Crippen molar-refractivity contribution in [3.05, 3.63) is 187 Å². The number of azide groups is 2. The fourth-order valence-corrected chi connectivity index (χ4v) is 12.2. The number of benzene rings is 5. The molecule has 3 amide bonds. The summed E-state index contributed by atoms with van der Waals surface area (Å²) in [4.78, 5) is 71.9. The van der Waals surface area contributed by atoms with Gasteiger partial charge in [0, 0.05) is 78.3 Å². The zero-order valence-electron chi connectivity index (χ0n) is 72.3. The van der Waals surface area contributed by atoms with E-state index in [-0.39, 0.29) is 60.5 Å². The molecule has 2 saturated heterocycles. The molecule has 33 nitrogen and oxygen atoms in total. The van der Waals surface area contributed by atoms with Crippen molar-refractivity contribution in [2.45, 2.75) is 131 Å². The number of para-hydroxylation sites is 1. The van der Waals surface area contributed by atoms with Crippen LogP contribution < -0.4 is 24.6 Å². The third kappa shape index (κ3) is 39.3. The van der Waals surface area contributed by atoms with Gasteiger partial charge in [-0.15, -0.1) is 0 Å². The van der Waals surface area contributed by atoms with Gasteiger partial charge < -0.3 is 88.0 Å². The molecular weight excluding hydrogens is 1610 g/mol. The zero-order chi connectivity index (χ0) is 90.4. The van der Waals surface area contributed by atoms with Crippen LogP contribution in [-0.4, -0.2) is 257 Å². The highest BCUT2D eigenvalue weighted by Gasteiger charge is 2.50. The summed E-state index contributed by atoms with van der Waals surface area (Å²) in [6, 6.07) is 35.8. The molecule has 0 bridgehead atoms. The van der Waals surface area contributed by atoms with Gasteiger partial charge in [0.2, 0.25) is 5.91 Å². The van der Waals surface area contributed by atoms with E-state index in [1.807, 2.05) is 75.1 Å². The van der Waals surface area contributed by atoms with Crippen LogP contribution in [0.25, 0.3) is 41.5 Å². The SMILES string of the molecule is CC(C)(C)c1ccc(OCCOCCOCCN=[N+]=[N-])cc1.OCCOCCOCCO.Oc1cccc2cccnc12.[C-]#[N+]c1ccc(N2C(=O)C(C)(C)N(CCCC(=O)NCCOCCOCCOc3ccc(C(C)(C)C)cc3)C2=S)cc1C.[C-]#[N+]c1ccc(N2C(=O)C(C)(C)N(CCCC(=O)O)C2=S)cc1C.[N-]=[N+]=NCCOCCOCCO. The summed E-state index contributed by atoms with van der Waals surface area (Å²) in [5, 5.41) is 54.2. The van der Waals surface area contributed by atoms with Gasteiger partial charge in [-0.2, -0.15) is 0 Å². The Morgan fingerprint density at radius 2 is 0.885 bits per heavy atom. The van der Waals surface area contributed by atoms with Crippen LogP contribution >= 0.6 is 24.4 Å². The number of carboxylic acid groups (broad SMARTS) is 1.